The first kappa shape index (κ1) is 26.9. The van der Waals surface area contributed by atoms with E-state index in [1.165, 1.54) is 11.8 Å². The van der Waals surface area contributed by atoms with Gasteiger partial charge in [-0.25, -0.2) is 0 Å². The largest absolute Gasteiger partial charge is 0.391 e. The van der Waals surface area contributed by atoms with Gasteiger partial charge in [0, 0.05) is 26.3 Å². The van der Waals surface area contributed by atoms with Gasteiger partial charge in [0.15, 0.2) is 0 Å². The molecule has 1 saturated heterocycles. The SMILES string of the molecule is CC(=O)N[C@H](C(=O)N1C[C@H](O)C[C@H]1C(=O)N[C@H](Cc1ccc(-c2ccccc2)cc1)C(N)=O)C(C)C. The predicted molar refractivity (Wildman–Crippen MR) is 135 cm³/mol. The van der Waals surface area contributed by atoms with Gasteiger partial charge < -0.3 is 26.4 Å². The lowest BCUT2D eigenvalue weighted by molar-refractivity contribution is -0.142. The third-order valence-corrected chi connectivity index (χ3v) is 6.32. The number of β-amino-alcohol motifs (C(OH)–C–C–N with tert-alkyl or cyclic N) is 1. The molecule has 3 rings (SSSR count). The number of carbonyl (C=O) groups excluding carboxylic acids is 4. The maximum Gasteiger partial charge on any atom is 0.246 e. The van der Waals surface area contributed by atoms with E-state index in [4.69, 9.17) is 5.73 Å². The molecule has 2 aromatic rings. The number of carbonyl (C=O) groups is 4. The van der Waals surface area contributed by atoms with Crippen molar-refractivity contribution in [3.8, 4) is 11.1 Å². The second kappa shape index (κ2) is 11.8. The van der Waals surface area contributed by atoms with Crippen LogP contribution in [0.4, 0.5) is 0 Å². The molecule has 1 heterocycles. The van der Waals surface area contributed by atoms with Crippen LogP contribution in [0.25, 0.3) is 11.1 Å². The molecule has 9 heteroatoms. The molecular formula is C27H34N4O5. The molecule has 0 saturated carbocycles. The molecule has 0 spiro atoms. The number of likely N-dealkylation sites (tertiary alicyclic amines) is 1. The molecule has 0 radical (unpaired) electrons. The maximum atomic E-state index is 13.2. The van der Waals surface area contributed by atoms with Crippen molar-refractivity contribution in [1.29, 1.82) is 0 Å². The molecule has 36 heavy (non-hydrogen) atoms. The molecule has 0 aromatic heterocycles. The summed E-state index contributed by atoms with van der Waals surface area (Å²) in [5.41, 5.74) is 8.48. The molecule has 0 aliphatic carbocycles. The number of benzene rings is 2. The van der Waals surface area contributed by atoms with Gasteiger partial charge in [0.1, 0.15) is 18.1 Å². The second-order valence-corrected chi connectivity index (χ2v) is 9.55. The van der Waals surface area contributed by atoms with Gasteiger partial charge in [-0.2, -0.15) is 0 Å². The van der Waals surface area contributed by atoms with Gasteiger partial charge in [0.25, 0.3) is 0 Å². The molecule has 2 aromatic carbocycles. The quantitative estimate of drug-likeness (QED) is 0.411. The third kappa shape index (κ3) is 6.69. The minimum atomic E-state index is -0.994. The summed E-state index contributed by atoms with van der Waals surface area (Å²) in [6.45, 7) is 4.84. The van der Waals surface area contributed by atoms with Gasteiger partial charge in [0.2, 0.25) is 23.6 Å². The predicted octanol–water partition coefficient (Wildman–Crippen LogP) is 0.989. The Morgan fingerprint density at radius 3 is 2.17 bits per heavy atom. The van der Waals surface area contributed by atoms with Crippen LogP contribution in [0.15, 0.2) is 54.6 Å². The third-order valence-electron chi connectivity index (χ3n) is 6.32. The number of aliphatic hydroxyl groups excluding tert-OH is 1. The number of aliphatic hydroxyl groups is 1. The Kier molecular flexibility index (Phi) is 8.82. The number of hydrogen-bond donors (Lipinski definition) is 4. The lowest BCUT2D eigenvalue weighted by atomic mass is 10.00. The van der Waals surface area contributed by atoms with Gasteiger partial charge in [-0.1, -0.05) is 68.4 Å². The summed E-state index contributed by atoms with van der Waals surface area (Å²) in [5, 5.41) is 15.5. The van der Waals surface area contributed by atoms with Gasteiger partial charge in [0.05, 0.1) is 6.10 Å². The van der Waals surface area contributed by atoms with Crippen LogP contribution in [0, 0.1) is 5.92 Å². The number of rotatable bonds is 9. The Hall–Kier alpha value is -3.72. The monoisotopic (exact) mass is 494 g/mol. The highest BCUT2D eigenvalue weighted by Crippen LogP contribution is 2.22. The van der Waals surface area contributed by atoms with Crippen molar-refractivity contribution in [3.63, 3.8) is 0 Å². The van der Waals surface area contributed by atoms with Crippen molar-refractivity contribution in [2.24, 2.45) is 11.7 Å². The molecule has 9 nitrogen and oxygen atoms in total. The smallest absolute Gasteiger partial charge is 0.246 e. The topological polar surface area (TPSA) is 142 Å². The highest BCUT2D eigenvalue weighted by molar-refractivity contribution is 5.94. The molecule has 4 amide bonds. The van der Waals surface area contributed by atoms with E-state index in [-0.39, 0.29) is 31.2 Å². The van der Waals surface area contributed by atoms with E-state index in [1.807, 2.05) is 54.6 Å². The molecule has 0 bridgehead atoms. The van der Waals surface area contributed by atoms with Crippen LogP contribution < -0.4 is 16.4 Å². The number of primary amides is 1. The zero-order valence-electron chi connectivity index (χ0n) is 20.8. The first-order valence-electron chi connectivity index (χ1n) is 12.1. The molecule has 192 valence electrons. The summed E-state index contributed by atoms with van der Waals surface area (Å²) < 4.78 is 0. The summed E-state index contributed by atoms with van der Waals surface area (Å²) in [7, 11) is 0. The minimum Gasteiger partial charge on any atom is -0.391 e. The minimum absolute atomic E-state index is 0.0275. The lowest BCUT2D eigenvalue weighted by Gasteiger charge is -2.30. The van der Waals surface area contributed by atoms with E-state index in [2.05, 4.69) is 10.6 Å². The van der Waals surface area contributed by atoms with Gasteiger partial charge >= 0.3 is 0 Å². The van der Waals surface area contributed by atoms with Crippen LogP contribution in [-0.2, 0) is 25.6 Å². The zero-order valence-corrected chi connectivity index (χ0v) is 20.8. The van der Waals surface area contributed by atoms with Crippen molar-refractivity contribution < 1.29 is 24.3 Å². The molecule has 1 fully saturated rings. The summed E-state index contributed by atoms with van der Waals surface area (Å²) in [4.78, 5) is 51.4. The highest BCUT2D eigenvalue weighted by Gasteiger charge is 2.42. The Balaban J connectivity index is 1.71. The number of nitrogens with zero attached hydrogens (tertiary/aromatic N) is 1. The molecule has 1 aliphatic heterocycles. The number of nitrogens with one attached hydrogen (secondary N) is 2. The fourth-order valence-corrected chi connectivity index (χ4v) is 4.41. The molecule has 5 N–H and O–H groups in total. The highest BCUT2D eigenvalue weighted by atomic mass is 16.3. The van der Waals surface area contributed by atoms with Gasteiger partial charge in [-0.15, -0.1) is 0 Å². The van der Waals surface area contributed by atoms with Crippen molar-refractivity contribution in [3.05, 3.63) is 60.2 Å². The van der Waals surface area contributed by atoms with Crippen LogP contribution in [0.3, 0.4) is 0 Å². The molecule has 4 atom stereocenters. The Labute approximate surface area is 211 Å². The Morgan fingerprint density at radius 1 is 1.00 bits per heavy atom. The average molecular weight is 495 g/mol. The van der Waals surface area contributed by atoms with Crippen LogP contribution in [0.1, 0.15) is 32.8 Å². The number of nitrogens with two attached hydrogens (primary N) is 1. The standard InChI is InChI=1S/C27H34N4O5/c1-16(2)24(29-17(3)32)27(36)31-15-21(33)14-23(31)26(35)30-22(25(28)34)13-18-9-11-20(12-10-18)19-7-5-4-6-8-19/h4-12,16,21-24,33H,13-15H2,1-3H3,(H2,28,34)(H,29,32)(H,30,35)/t21-,22-,23+,24+/m1/s1. The van der Waals surface area contributed by atoms with Crippen molar-refractivity contribution >= 4 is 23.6 Å². The summed E-state index contributed by atoms with van der Waals surface area (Å²) in [6.07, 6.45) is -0.688. The summed E-state index contributed by atoms with van der Waals surface area (Å²) in [6, 6.07) is 14.7. The van der Waals surface area contributed by atoms with Crippen LogP contribution >= 0.6 is 0 Å². The van der Waals surface area contributed by atoms with Gasteiger partial charge in [-0.05, 0) is 22.6 Å². The Bertz CT molecular complexity index is 1090. The normalized spacial score (nSPS) is 19.0. The fourth-order valence-electron chi connectivity index (χ4n) is 4.41. The average Bonchev–Trinajstić information content (AvgIpc) is 3.24. The van der Waals surface area contributed by atoms with Crippen molar-refractivity contribution in [1.82, 2.24) is 15.5 Å². The van der Waals surface area contributed by atoms with E-state index in [9.17, 15) is 24.3 Å². The first-order valence-corrected chi connectivity index (χ1v) is 12.1. The second-order valence-electron chi connectivity index (χ2n) is 9.55. The maximum absolute atomic E-state index is 13.2. The summed E-state index contributed by atoms with van der Waals surface area (Å²) in [5.74, 6) is -2.32. The molecular weight excluding hydrogens is 460 g/mol. The van der Waals surface area contributed by atoms with Crippen molar-refractivity contribution in [2.75, 3.05) is 6.54 Å². The first-order chi connectivity index (χ1) is 17.1. The van der Waals surface area contributed by atoms with E-state index in [1.54, 1.807) is 13.8 Å². The molecule has 0 unspecified atom stereocenters. The van der Waals surface area contributed by atoms with Crippen LogP contribution in [0.5, 0.6) is 0 Å². The van der Waals surface area contributed by atoms with E-state index < -0.39 is 42.0 Å². The van der Waals surface area contributed by atoms with E-state index in [0.29, 0.717) is 0 Å². The number of amides is 4. The number of hydrogen-bond acceptors (Lipinski definition) is 5. The Morgan fingerprint density at radius 2 is 1.61 bits per heavy atom. The van der Waals surface area contributed by atoms with Gasteiger partial charge in [-0.3, -0.25) is 19.2 Å². The van der Waals surface area contributed by atoms with Crippen LogP contribution in [-0.4, -0.2) is 64.4 Å². The molecule has 1 aliphatic rings. The van der Waals surface area contributed by atoms with E-state index in [0.717, 1.165) is 16.7 Å². The zero-order chi connectivity index (χ0) is 26.4. The lowest BCUT2D eigenvalue weighted by Crippen LogP contribution is -2.57. The van der Waals surface area contributed by atoms with Crippen LogP contribution in [0.2, 0.25) is 0 Å². The van der Waals surface area contributed by atoms with Crippen molar-refractivity contribution in [2.45, 2.75) is 57.8 Å². The fraction of sp³-hybridized carbons (Fsp3) is 0.407. The van der Waals surface area contributed by atoms with E-state index >= 15 is 0 Å². The summed E-state index contributed by atoms with van der Waals surface area (Å²) >= 11 is 0.